The van der Waals surface area contributed by atoms with Crippen LogP contribution in [0.15, 0.2) is 27.2 Å². The fraction of sp³-hybridized carbons (Fsp3) is 0.167. The van der Waals surface area contributed by atoms with E-state index in [-0.39, 0.29) is 17.1 Å². The minimum Gasteiger partial charge on any atom is -0.338 e. The van der Waals surface area contributed by atoms with Crippen LogP contribution in [0, 0.1) is 24.0 Å². The number of nitrogens with one attached hydrogen (secondary N) is 1. The van der Waals surface area contributed by atoms with Crippen molar-refractivity contribution in [1.29, 1.82) is 0 Å². The number of aromatic nitrogens is 1. The molecule has 104 valence electrons. The number of non-ortho nitro benzene ring substituents is 1. The molecule has 0 saturated carbocycles. The van der Waals surface area contributed by atoms with Crippen molar-refractivity contribution in [2.75, 3.05) is 5.32 Å². The summed E-state index contributed by atoms with van der Waals surface area (Å²) in [5.74, 6) is -0.286. The summed E-state index contributed by atoms with van der Waals surface area (Å²) in [6.07, 6.45) is 0. The summed E-state index contributed by atoms with van der Waals surface area (Å²) < 4.78 is 5.43. The van der Waals surface area contributed by atoms with E-state index >= 15 is 0 Å². The summed E-state index contributed by atoms with van der Waals surface area (Å²) in [5.41, 5.74) is 1.36. The van der Waals surface area contributed by atoms with E-state index in [1.807, 2.05) is 0 Å². The summed E-state index contributed by atoms with van der Waals surface area (Å²) in [6.45, 7) is 3.50. The van der Waals surface area contributed by atoms with Gasteiger partial charge in [0.15, 0.2) is 0 Å². The largest absolute Gasteiger partial charge is 0.338 e. The highest BCUT2D eigenvalue weighted by Gasteiger charge is 2.18. The fourth-order valence-electron chi connectivity index (χ4n) is 1.50. The van der Waals surface area contributed by atoms with Crippen molar-refractivity contribution in [3.8, 4) is 0 Å². The molecule has 1 aromatic heterocycles. The Hall–Kier alpha value is -2.22. The Morgan fingerprint density at radius 1 is 1.45 bits per heavy atom. The van der Waals surface area contributed by atoms with Crippen molar-refractivity contribution in [3.63, 3.8) is 0 Å². The van der Waals surface area contributed by atoms with Gasteiger partial charge in [-0.05, 0) is 35.8 Å². The van der Waals surface area contributed by atoms with Crippen molar-refractivity contribution in [2.45, 2.75) is 13.8 Å². The molecule has 0 spiro atoms. The summed E-state index contributed by atoms with van der Waals surface area (Å²) in [5, 5.41) is 17.0. The van der Waals surface area contributed by atoms with Gasteiger partial charge in [-0.2, -0.15) is 0 Å². The summed E-state index contributed by atoms with van der Waals surface area (Å²) >= 11 is 3.19. The molecule has 8 heteroatoms. The molecule has 1 N–H and O–H groups in total. The van der Waals surface area contributed by atoms with Gasteiger partial charge >= 0.3 is 0 Å². The zero-order valence-corrected chi connectivity index (χ0v) is 12.2. The first kappa shape index (κ1) is 14.2. The monoisotopic (exact) mass is 339 g/mol. The Morgan fingerprint density at radius 3 is 2.70 bits per heavy atom. The number of carbonyl (C=O) groups is 1. The molecule has 0 radical (unpaired) electrons. The van der Waals surface area contributed by atoms with Crippen LogP contribution in [0.3, 0.4) is 0 Å². The van der Waals surface area contributed by atoms with Crippen molar-refractivity contribution >= 4 is 33.4 Å². The van der Waals surface area contributed by atoms with Crippen LogP contribution in [0.5, 0.6) is 0 Å². The molecule has 1 aromatic carbocycles. The van der Waals surface area contributed by atoms with Gasteiger partial charge < -0.3 is 4.52 Å². The van der Waals surface area contributed by atoms with Gasteiger partial charge in [0.1, 0.15) is 0 Å². The number of hydrogen-bond acceptors (Lipinski definition) is 5. The van der Waals surface area contributed by atoms with Crippen LogP contribution >= 0.6 is 15.9 Å². The zero-order valence-electron chi connectivity index (χ0n) is 10.6. The highest BCUT2D eigenvalue weighted by molar-refractivity contribution is 9.10. The van der Waals surface area contributed by atoms with Crippen LogP contribution in [0.1, 0.15) is 21.6 Å². The number of amides is 1. The second kappa shape index (κ2) is 5.41. The predicted octanol–water partition coefficient (Wildman–Crippen LogP) is 3.21. The maximum absolute atomic E-state index is 12.1. The van der Waals surface area contributed by atoms with Gasteiger partial charge in [-0.1, -0.05) is 5.16 Å². The van der Waals surface area contributed by atoms with Crippen molar-refractivity contribution in [2.24, 2.45) is 0 Å². The maximum Gasteiger partial charge on any atom is 0.270 e. The lowest BCUT2D eigenvalue weighted by molar-refractivity contribution is -0.384. The van der Waals surface area contributed by atoms with Crippen LogP contribution in [0.2, 0.25) is 0 Å². The normalized spacial score (nSPS) is 10.3. The van der Waals surface area contributed by atoms with E-state index in [0.29, 0.717) is 15.7 Å². The topological polar surface area (TPSA) is 98.3 Å². The smallest absolute Gasteiger partial charge is 0.270 e. The van der Waals surface area contributed by atoms with Gasteiger partial charge in [0.05, 0.1) is 16.2 Å². The summed E-state index contributed by atoms with van der Waals surface area (Å²) in [4.78, 5) is 22.3. The number of nitro benzene ring substituents is 1. The first-order chi connectivity index (χ1) is 9.40. The quantitative estimate of drug-likeness (QED) is 0.683. The molecule has 0 aliphatic carbocycles. The van der Waals surface area contributed by atoms with E-state index in [2.05, 4.69) is 26.4 Å². The van der Waals surface area contributed by atoms with Crippen LogP contribution < -0.4 is 5.32 Å². The number of halogens is 1. The van der Waals surface area contributed by atoms with Gasteiger partial charge in [-0.15, -0.1) is 0 Å². The third-order valence-electron chi connectivity index (χ3n) is 2.79. The number of rotatable bonds is 3. The van der Waals surface area contributed by atoms with Gasteiger partial charge in [-0.3, -0.25) is 20.2 Å². The standard InChI is InChI=1S/C12H10BrN3O4/c1-6-7(2)15-20-12(6)14-11(17)9-5-8(16(18)19)3-4-10(9)13/h3-5H,1-2H3,(H,14,17). The minimum absolute atomic E-state index is 0.146. The number of benzene rings is 1. The second-order valence-corrected chi connectivity index (χ2v) is 4.95. The van der Waals surface area contributed by atoms with Crippen molar-refractivity contribution in [1.82, 2.24) is 5.16 Å². The Bertz CT molecular complexity index is 696. The molecule has 0 saturated heterocycles. The zero-order chi connectivity index (χ0) is 14.9. The molecular weight excluding hydrogens is 330 g/mol. The van der Waals surface area contributed by atoms with Crippen LogP contribution in [0.25, 0.3) is 0 Å². The lowest BCUT2D eigenvalue weighted by Crippen LogP contribution is -2.13. The first-order valence-corrected chi connectivity index (χ1v) is 6.37. The Morgan fingerprint density at radius 2 is 2.15 bits per heavy atom. The second-order valence-electron chi connectivity index (χ2n) is 4.10. The van der Waals surface area contributed by atoms with Gasteiger partial charge in [-0.25, -0.2) is 0 Å². The number of nitro groups is 1. The molecule has 0 aliphatic heterocycles. The van der Waals surface area contributed by atoms with E-state index in [9.17, 15) is 14.9 Å². The highest BCUT2D eigenvalue weighted by Crippen LogP contribution is 2.24. The molecular formula is C12H10BrN3O4. The molecule has 1 amide bonds. The molecule has 1 heterocycles. The van der Waals surface area contributed by atoms with Gasteiger partial charge in [0, 0.05) is 22.2 Å². The van der Waals surface area contributed by atoms with E-state index in [4.69, 9.17) is 4.52 Å². The third kappa shape index (κ3) is 2.69. The first-order valence-electron chi connectivity index (χ1n) is 5.58. The Kier molecular flexibility index (Phi) is 3.84. The molecule has 0 atom stereocenters. The molecule has 2 rings (SSSR count). The maximum atomic E-state index is 12.1. The number of aryl methyl sites for hydroxylation is 1. The molecule has 2 aromatic rings. The van der Waals surface area contributed by atoms with Crippen LogP contribution in [-0.2, 0) is 0 Å². The Balaban J connectivity index is 2.31. The predicted molar refractivity (Wildman–Crippen MR) is 74.7 cm³/mol. The van der Waals surface area contributed by atoms with Gasteiger partial charge in [0.25, 0.3) is 11.6 Å². The number of anilines is 1. The fourth-order valence-corrected chi connectivity index (χ4v) is 1.93. The average molecular weight is 340 g/mol. The van der Waals surface area contributed by atoms with E-state index in [1.54, 1.807) is 13.8 Å². The molecule has 0 fully saturated rings. The van der Waals surface area contributed by atoms with Gasteiger partial charge in [0.2, 0.25) is 5.88 Å². The van der Waals surface area contributed by atoms with Crippen molar-refractivity contribution < 1.29 is 14.2 Å². The number of hydrogen-bond donors (Lipinski definition) is 1. The molecule has 20 heavy (non-hydrogen) atoms. The highest BCUT2D eigenvalue weighted by atomic mass is 79.9. The van der Waals surface area contributed by atoms with E-state index < -0.39 is 10.8 Å². The van der Waals surface area contributed by atoms with E-state index in [0.717, 1.165) is 0 Å². The summed E-state index contributed by atoms with van der Waals surface area (Å²) in [6, 6.07) is 3.95. The third-order valence-corrected chi connectivity index (χ3v) is 3.48. The molecule has 0 unspecified atom stereocenters. The lowest BCUT2D eigenvalue weighted by Gasteiger charge is -2.04. The summed E-state index contributed by atoms with van der Waals surface area (Å²) in [7, 11) is 0. The molecule has 0 bridgehead atoms. The SMILES string of the molecule is Cc1noc(NC(=O)c2cc([N+](=O)[O-])ccc2Br)c1C. The Labute approximate surface area is 122 Å². The van der Waals surface area contributed by atoms with Crippen LogP contribution in [0.4, 0.5) is 11.6 Å². The number of carbonyl (C=O) groups excluding carboxylic acids is 1. The molecule has 0 aliphatic rings. The average Bonchev–Trinajstić information content (AvgIpc) is 2.71. The van der Waals surface area contributed by atoms with Crippen molar-refractivity contribution in [3.05, 3.63) is 49.6 Å². The minimum atomic E-state index is -0.562. The van der Waals surface area contributed by atoms with Crippen LogP contribution in [-0.4, -0.2) is 16.0 Å². The number of nitrogens with zero attached hydrogens (tertiary/aromatic N) is 2. The molecule has 7 nitrogen and oxygen atoms in total. The van der Waals surface area contributed by atoms with E-state index in [1.165, 1.54) is 18.2 Å². The lowest BCUT2D eigenvalue weighted by atomic mass is 10.2.